The maximum atomic E-state index is 13.4. The van der Waals surface area contributed by atoms with Crippen molar-refractivity contribution in [3.63, 3.8) is 0 Å². The number of anilines is 2. The third-order valence-corrected chi connectivity index (χ3v) is 3.18. The highest BCUT2D eigenvalue weighted by atomic mass is 19.1. The van der Waals surface area contributed by atoms with Crippen molar-refractivity contribution in [2.45, 2.75) is 19.8 Å². The van der Waals surface area contributed by atoms with Gasteiger partial charge in [-0.1, -0.05) is 38.1 Å². The molecule has 0 atom stereocenters. The van der Waals surface area contributed by atoms with E-state index in [2.05, 4.69) is 24.5 Å². The van der Waals surface area contributed by atoms with E-state index in [4.69, 9.17) is 0 Å². The van der Waals surface area contributed by atoms with Crippen LogP contribution in [0.3, 0.4) is 0 Å². The molecule has 0 heterocycles. The lowest BCUT2D eigenvalue weighted by molar-refractivity contribution is -0.114. The van der Waals surface area contributed by atoms with E-state index < -0.39 is 5.82 Å². The minimum Gasteiger partial charge on any atom is -0.376 e. The largest absolute Gasteiger partial charge is 0.376 e. The lowest BCUT2D eigenvalue weighted by Crippen LogP contribution is -2.22. The van der Waals surface area contributed by atoms with Gasteiger partial charge in [0.05, 0.1) is 12.2 Å². The van der Waals surface area contributed by atoms with Crippen LogP contribution in [0.2, 0.25) is 0 Å². The minimum absolute atomic E-state index is 0.0926. The van der Waals surface area contributed by atoms with E-state index in [1.54, 1.807) is 12.1 Å². The zero-order valence-electron chi connectivity index (χ0n) is 12.2. The van der Waals surface area contributed by atoms with Gasteiger partial charge in [-0.05, 0) is 35.7 Å². The van der Waals surface area contributed by atoms with Crippen molar-refractivity contribution in [2.75, 3.05) is 17.2 Å². The Morgan fingerprint density at radius 2 is 1.76 bits per heavy atom. The van der Waals surface area contributed by atoms with E-state index in [-0.39, 0.29) is 18.1 Å². The molecule has 0 aliphatic rings. The van der Waals surface area contributed by atoms with Crippen molar-refractivity contribution in [2.24, 2.45) is 0 Å². The number of carbonyl (C=O) groups excluding carboxylic acids is 1. The molecule has 3 nitrogen and oxygen atoms in total. The summed E-state index contributed by atoms with van der Waals surface area (Å²) in [5.41, 5.74) is 2.30. The molecule has 0 aliphatic heterocycles. The van der Waals surface area contributed by atoms with Gasteiger partial charge in [0.1, 0.15) is 5.82 Å². The second-order valence-corrected chi connectivity index (χ2v) is 5.16. The molecule has 0 aliphatic carbocycles. The first-order valence-electron chi connectivity index (χ1n) is 6.94. The Balaban J connectivity index is 1.88. The molecule has 0 unspecified atom stereocenters. The van der Waals surface area contributed by atoms with Crippen LogP contribution in [0.25, 0.3) is 0 Å². The molecule has 0 fully saturated rings. The molecule has 4 heteroatoms. The molecule has 2 N–H and O–H groups in total. The molecule has 21 heavy (non-hydrogen) atoms. The van der Waals surface area contributed by atoms with Crippen LogP contribution in [0.4, 0.5) is 15.8 Å². The average molecular weight is 286 g/mol. The summed E-state index contributed by atoms with van der Waals surface area (Å²) >= 11 is 0. The van der Waals surface area contributed by atoms with Gasteiger partial charge in [-0.25, -0.2) is 4.39 Å². The number of benzene rings is 2. The van der Waals surface area contributed by atoms with E-state index in [0.29, 0.717) is 5.92 Å². The van der Waals surface area contributed by atoms with Crippen molar-refractivity contribution in [1.82, 2.24) is 0 Å². The summed E-state index contributed by atoms with van der Waals surface area (Å²) in [5.74, 6) is -0.247. The van der Waals surface area contributed by atoms with Gasteiger partial charge in [0, 0.05) is 5.69 Å². The topological polar surface area (TPSA) is 41.1 Å². The van der Waals surface area contributed by atoms with Gasteiger partial charge in [-0.15, -0.1) is 0 Å². The zero-order chi connectivity index (χ0) is 15.2. The number of rotatable bonds is 5. The van der Waals surface area contributed by atoms with Crippen LogP contribution in [0.1, 0.15) is 25.3 Å². The Hall–Kier alpha value is -2.36. The van der Waals surface area contributed by atoms with E-state index in [1.807, 2.05) is 24.3 Å². The van der Waals surface area contributed by atoms with E-state index in [9.17, 15) is 9.18 Å². The molecular formula is C17H19FN2O. The van der Waals surface area contributed by atoms with Crippen molar-refractivity contribution >= 4 is 17.3 Å². The summed E-state index contributed by atoms with van der Waals surface area (Å²) in [6.45, 7) is 4.35. The average Bonchev–Trinajstić information content (AvgIpc) is 2.48. The fraction of sp³-hybridized carbons (Fsp3) is 0.235. The molecule has 1 amide bonds. The highest BCUT2D eigenvalue weighted by Crippen LogP contribution is 2.17. The monoisotopic (exact) mass is 286 g/mol. The van der Waals surface area contributed by atoms with Crippen LogP contribution in [0.15, 0.2) is 48.5 Å². The number of amides is 1. The lowest BCUT2D eigenvalue weighted by Gasteiger charge is -2.10. The molecule has 2 rings (SSSR count). The predicted octanol–water partition coefficient (Wildman–Crippen LogP) is 4.00. The SMILES string of the molecule is CC(C)c1ccc(NCC(=O)Nc2ccccc2F)cc1. The predicted molar refractivity (Wildman–Crippen MR) is 84.1 cm³/mol. The molecule has 0 bridgehead atoms. The Morgan fingerprint density at radius 1 is 1.10 bits per heavy atom. The van der Waals surface area contributed by atoms with E-state index in [0.717, 1.165) is 5.69 Å². The van der Waals surface area contributed by atoms with Gasteiger partial charge in [-0.3, -0.25) is 4.79 Å². The number of carbonyl (C=O) groups is 1. The van der Waals surface area contributed by atoms with E-state index >= 15 is 0 Å². The molecule has 110 valence electrons. The Bertz CT molecular complexity index is 608. The Kier molecular flexibility index (Phi) is 4.93. The Morgan fingerprint density at radius 3 is 2.38 bits per heavy atom. The van der Waals surface area contributed by atoms with Gasteiger partial charge < -0.3 is 10.6 Å². The summed E-state index contributed by atoms with van der Waals surface area (Å²) in [4.78, 5) is 11.8. The maximum Gasteiger partial charge on any atom is 0.243 e. The van der Waals surface area contributed by atoms with Crippen LogP contribution < -0.4 is 10.6 Å². The summed E-state index contributed by atoms with van der Waals surface area (Å²) in [7, 11) is 0. The van der Waals surface area contributed by atoms with Crippen LogP contribution in [-0.2, 0) is 4.79 Å². The van der Waals surface area contributed by atoms with Gasteiger partial charge >= 0.3 is 0 Å². The lowest BCUT2D eigenvalue weighted by atomic mass is 10.0. The van der Waals surface area contributed by atoms with Gasteiger partial charge in [0.15, 0.2) is 0 Å². The zero-order valence-corrected chi connectivity index (χ0v) is 12.2. The highest BCUT2D eigenvalue weighted by molar-refractivity contribution is 5.93. The van der Waals surface area contributed by atoms with Crippen LogP contribution in [0, 0.1) is 5.82 Å². The number of hydrogen-bond donors (Lipinski definition) is 2. The van der Waals surface area contributed by atoms with Gasteiger partial charge in [0.2, 0.25) is 5.91 Å². The third-order valence-electron chi connectivity index (χ3n) is 3.18. The van der Waals surface area contributed by atoms with Gasteiger partial charge in [0.25, 0.3) is 0 Å². The van der Waals surface area contributed by atoms with Crippen LogP contribution in [0.5, 0.6) is 0 Å². The second kappa shape index (κ2) is 6.88. The van der Waals surface area contributed by atoms with Crippen LogP contribution >= 0.6 is 0 Å². The molecule has 0 saturated carbocycles. The second-order valence-electron chi connectivity index (χ2n) is 5.16. The first-order chi connectivity index (χ1) is 10.1. The number of halogens is 1. The van der Waals surface area contributed by atoms with Crippen molar-refractivity contribution in [1.29, 1.82) is 0 Å². The molecule has 2 aromatic rings. The summed E-state index contributed by atoms with van der Waals surface area (Å²) in [6.07, 6.45) is 0. The highest BCUT2D eigenvalue weighted by Gasteiger charge is 2.06. The normalized spacial score (nSPS) is 10.5. The number of hydrogen-bond acceptors (Lipinski definition) is 2. The van der Waals surface area contributed by atoms with Crippen LogP contribution in [-0.4, -0.2) is 12.5 Å². The molecule has 0 aromatic heterocycles. The summed E-state index contributed by atoms with van der Waals surface area (Å²) < 4.78 is 13.4. The maximum absolute atomic E-state index is 13.4. The first kappa shape index (κ1) is 15.0. The molecule has 0 saturated heterocycles. The fourth-order valence-corrected chi connectivity index (χ4v) is 1.93. The number of para-hydroxylation sites is 1. The third kappa shape index (κ3) is 4.31. The summed E-state index contributed by atoms with van der Waals surface area (Å²) in [5, 5.41) is 5.55. The smallest absolute Gasteiger partial charge is 0.243 e. The quantitative estimate of drug-likeness (QED) is 0.872. The number of nitrogens with one attached hydrogen (secondary N) is 2. The standard InChI is InChI=1S/C17H19FN2O/c1-12(2)13-7-9-14(10-8-13)19-11-17(21)20-16-6-4-3-5-15(16)18/h3-10,12,19H,11H2,1-2H3,(H,20,21). The van der Waals surface area contributed by atoms with E-state index in [1.165, 1.54) is 17.7 Å². The Labute approximate surface area is 124 Å². The molecular weight excluding hydrogens is 267 g/mol. The molecule has 2 aromatic carbocycles. The summed E-state index contributed by atoms with van der Waals surface area (Å²) in [6, 6.07) is 14.0. The van der Waals surface area contributed by atoms with Crippen molar-refractivity contribution in [3.05, 3.63) is 59.9 Å². The first-order valence-corrected chi connectivity index (χ1v) is 6.94. The molecule has 0 radical (unpaired) electrons. The van der Waals surface area contributed by atoms with Crippen molar-refractivity contribution < 1.29 is 9.18 Å². The van der Waals surface area contributed by atoms with Gasteiger partial charge in [-0.2, -0.15) is 0 Å². The minimum atomic E-state index is -0.438. The molecule has 0 spiro atoms. The fourth-order valence-electron chi connectivity index (χ4n) is 1.93. The van der Waals surface area contributed by atoms with Crippen molar-refractivity contribution in [3.8, 4) is 0 Å².